The van der Waals surface area contributed by atoms with Gasteiger partial charge in [-0.3, -0.25) is 20.8 Å². The molecular weight excluding hydrogens is 272 g/mol. The van der Waals surface area contributed by atoms with Crippen LogP contribution in [0.25, 0.3) is 0 Å². The lowest BCUT2D eigenvalue weighted by atomic mass is 10.0. The van der Waals surface area contributed by atoms with Gasteiger partial charge in [0, 0.05) is 18.2 Å². The molecule has 1 aliphatic carbocycles. The van der Waals surface area contributed by atoms with Gasteiger partial charge in [-0.25, -0.2) is 0 Å². The first-order chi connectivity index (χ1) is 10.0. The van der Waals surface area contributed by atoms with Gasteiger partial charge in [-0.05, 0) is 36.8 Å². The lowest BCUT2D eigenvalue weighted by molar-refractivity contribution is -0.384. The van der Waals surface area contributed by atoms with Gasteiger partial charge in [-0.1, -0.05) is 13.3 Å². The molecule has 1 amide bonds. The number of nitrogens with one attached hydrogen (secondary N) is 2. The van der Waals surface area contributed by atoms with E-state index in [2.05, 4.69) is 17.7 Å². The van der Waals surface area contributed by atoms with E-state index in [0.717, 1.165) is 25.7 Å². The smallest absolute Gasteiger partial charge is 0.293 e. The number of anilines is 1. The Morgan fingerprint density at radius 1 is 1.48 bits per heavy atom. The minimum atomic E-state index is -0.544. The number of carbonyl (C=O) groups is 1. The van der Waals surface area contributed by atoms with Crippen molar-refractivity contribution in [1.82, 2.24) is 5.32 Å². The second kappa shape index (κ2) is 6.09. The molecule has 114 valence electrons. The van der Waals surface area contributed by atoms with Crippen LogP contribution in [-0.2, 0) is 0 Å². The van der Waals surface area contributed by atoms with Gasteiger partial charge < -0.3 is 10.7 Å². The number of nitrogens with two attached hydrogens (primary N) is 1. The van der Waals surface area contributed by atoms with Gasteiger partial charge in [-0.15, -0.1) is 0 Å². The Hall–Kier alpha value is -2.15. The molecule has 1 saturated carbocycles. The van der Waals surface area contributed by atoms with Gasteiger partial charge in [0.2, 0.25) is 0 Å². The molecule has 1 aromatic rings. The molecule has 0 atom stereocenters. The Morgan fingerprint density at radius 2 is 2.19 bits per heavy atom. The molecule has 0 spiro atoms. The molecule has 0 bridgehead atoms. The maximum Gasteiger partial charge on any atom is 0.293 e. The van der Waals surface area contributed by atoms with Crippen molar-refractivity contribution in [2.24, 2.45) is 11.3 Å². The van der Waals surface area contributed by atoms with Crippen molar-refractivity contribution >= 4 is 17.3 Å². The van der Waals surface area contributed by atoms with Crippen LogP contribution in [0.5, 0.6) is 0 Å². The summed E-state index contributed by atoms with van der Waals surface area (Å²) in [4.78, 5) is 22.4. The summed E-state index contributed by atoms with van der Waals surface area (Å²) in [6.07, 6.45) is 4.52. The average molecular weight is 292 g/mol. The quantitative estimate of drug-likeness (QED) is 0.405. The van der Waals surface area contributed by atoms with Crippen LogP contribution in [0.15, 0.2) is 18.2 Å². The molecule has 2 rings (SSSR count). The molecule has 1 fully saturated rings. The summed E-state index contributed by atoms with van der Waals surface area (Å²) in [6, 6.07) is 4.11. The van der Waals surface area contributed by atoms with Crippen molar-refractivity contribution in [2.75, 3.05) is 12.0 Å². The largest absolute Gasteiger partial charge is 0.351 e. The van der Waals surface area contributed by atoms with Crippen molar-refractivity contribution in [3.05, 3.63) is 33.9 Å². The van der Waals surface area contributed by atoms with Crippen LogP contribution in [-0.4, -0.2) is 17.4 Å². The molecule has 0 radical (unpaired) electrons. The Labute approximate surface area is 123 Å². The van der Waals surface area contributed by atoms with Crippen molar-refractivity contribution in [2.45, 2.75) is 32.6 Å². The number of nitro groups is 1. The highest BCUT2D eigenvalue weighted by molar-refractivity contribution is 5.95. The normalized spacial score (nSPS) is 15.3. The molecule has 0 saturated heterocycles. The molecule has 21 heavy (non-hydrogen) atoms. The lowest BCUT2D eigenvalue weighted by Gasteiger charge is -2.15. The molecule has 0 aromatic heterocycles. The van der Waals surface area contributed by atoms with Crippen molar-refractivity contribution in [3.63, 3.8) is 0 Å². The number of amides is 1. The molecule has 1 aromatic carbocycles. The highest BCUT2D eigenvalue weighted by atomic mass is 16.6. The molecule has 0 heterocycles. The molecule has 4 N–H and O–H groups in total. The van der Waals surface area contributed by atoms with Crippen molar-refractivity contribution in [3.8, 4) is 0 Å². The molecule has 1 aliphatic rings. The minimum absolute atomic E-state index is 0.127. The maximum atomic E-state index is 12.1. The van der Waals surface area contributed by atoms with Crippen LogP contribution in [0.3, 0.4) is 0 Å². The van der Waals surface area contributed by atoms with Crippen molar-refractivity contribution in [1.29, 1.82) is 0 Å². The third-order valence-electron chi connectivity index (χ3n) is 3.97. The Balaban J connectivity index is 2.04. The number of nitrogens with zero attached hydrogens (tertiary/aromatic N) is 1. The van der Waals surface area contributed by atoms with E-state index >= 15 is 0 Å². The molecule has 0 unspecified atom stereocenters. The number of hydrazine groups is 1. The van der Waals surface area contributed by atoms with Gasteiger partial charge in [-0.2, -0.15) is 0 Å². The van der Waals surface area contributed by atoms with E-state index in [1.807, 2.05) is 0 Å². The van der Waals surface area contributed by atoms with E-state index in [1.165, 1.54) is 18.2 Å². The van der Waals surface area contributed by atoms with Crippen LogP contribution in [0, 0.1) is 15.5 Å². The predicted molar refractivity (Wildman–Crippen MR) is 79.8 cm³/mol. The first-order valence-corrected chi connectivity index (χ1v) is 7.04. The fourth-order valence-corrected chi connectivity index (χ4v) is 2.54. The number of nitrogen functional groups attached to an aromatic ring is 1. The highest BCUT2D eigenvalue weighted by Crippen LogP contribution is 2.48. The summed E-state index contributed by atoms with van der Waals surface area (Å²) < 4.78 is 0. The van der Waals surface area contributed by atoms with Gasteiger partial charge in [0.15, 0.2) is 0 Å². The maximum absolute atomic E-state index is 12.1. The van der Waals surface area contributed by atoms with Crippen LogP contribution < -0.4 is 16.6 Å². The monoisotopic (exact) mass is 292 g/mol. The Morgan fingerprint density at radius 3 is 2.71 bits per heavy atom. The van der Waals surface area contributed by atoms with Crippen molar-refractivity contribution < 1.29 is 9.72 Å². The summed E-state index contributed by atoms with van der Waals surface area (Å²) in [5.74, 6) is 5.03. The number of nitro benzene ring substituents is 1. The fraction of sp³-hybridized carbons (Fsp3) is 0.500. The van der Waals surface area contributed by atoms with E-state index in [0.29, 0.717) is 12.1 Å². The average Bonchev–Trinajstić information content (AvgIpc) is 3.24. The molecule has 7 nitrogen and oxygen atoms in total. The molecule has 7 heteroatoms. The van der Waals surface area contributed by atoms with E-state index < -0.39 is 4.92 Å². The van der Waals surface area contributed by atoms with Gasteiger partial charge in [0.05, 0.1) is 4.92 Å². The number of rotatable bonds is 7. The van der Waals surface area contributed by atoms with E-state index in [-0.39, 0.29) is 22.7 Å². The second-order valence-electron chi connectivity index (χ2n) is 5.57. The van der Waals surface area contributed by atoms with Gasteiger partial charge >= 0.3 is 0 Å². The second-order valence-corrected chi connectivity index (χ2v) is 5.57. The number of hydrogen-bond acceptors (Lipinski definition) is 5. The molecular formula is C14H20N4O3. The Kier molecular flexibility index (Phi) is 4.42. The third-order valence-corrected chi connectivity index (χ3v) is 3.97. The number of benzene rings is 1. The summed E-state index contributed by atoms with van der Waals surface area (Å²) >= 11 is 0. The van der Waals surface area contributed by atoms with Gasteiger partial charge in [0.1, 0.15) is 5.69 Å². The zero-order valence-electron chi connectivity index (χ0n) is 12.0. The first-order valence-electron chi connectivity index (χ1n) is 7.04. The minimum Gasteiger partial charge on any atom is -0.351 e. The number of hydrogen-bond donors (Lipinski definition) is 3. The standard InChI is InChI=1S/C14H20N4O3/c1-2-5-14(6-7-14)9-16-13(19)10-3-4-12(18(20)21)11(8-10)17-15/h3-4,8,17H,2,5-7,9,15H2,1H3,(H,16,19). The van der Waals surface area contributed by atoms with Crippen LogP contribution >= 0.6 is 0 Å². The summed E-state index contributed by atoms with van der Waals surface area (Å²) in [5.41, 5.74) is 2.85. The fourth-order valence-electron chi connectivity index (χ4n) is 2.54. The van der Waals surface area contributed by atoms with Crippen LogP contribution in [0.4, 0.5) is 11.4 Å². The van der Waals surface area contributed by atoms with E-state index in [4.69, 9.17) is 5.84 Å². The summed E-state index contributed by atoms with van der Waals surface area (Å²) in [7, 11) is 0. The summed E-state index contributed by atoms with van der Waals surface area (Å²) in [5, 5.41) is 13.7. The first kappa shape index (κ1) is 15.2. The van der Waals surface area contributed by atoms with Gasteiger partial charge in [0.25, 0.3) is 11.6 Å². The van der Waals surface area contributed by atoms with E-state index in [1.54, 1.807) is 0 Å². The lowest BCUT2D eigenvalue weighted by Crippen LogP contribution is -2.30. The highest BCUT2D eigenvalue weighted by Gasteiger charge is 2.41. The topological polar surface area (TPSA) is 110 Å². The SMILES string of the molecule is CCCC1(CNC(=O)c2ccc([N+](=O)[O-])c(NN)c2)CC1. The van der Waals surface area contributed by atoms with Crippen LogP contribution in [0.2, 0.25) is 0 Å². The molecule has 0 aliphatic heterocycles. The van der Waals surface area contributed by atoms with E-state index in [9.17, 15) is 14.9 Å². The van der Waals surface area contributed by atoms with Crippen LogP contribution in [0.1, 0.15) is 43.0 Å². The Bertz CT molecular complexity index is 555. The third kappa shape index (κ3) is 3.49. The zero-order chi connectivity index (χ0) is 15.5. The number of carbonyl (C=O) groups excluding carboxylic acids is 1. The predicted octanol–water partition coefficient (Wildman–Crippen LogP) is 2.19. The summed E-state index contributed by atoms with van der Waals surface area (Å²) in [6.45, 7) is 2.79. The zero-order valence-corrected chi connectivity index (χ0v) is 12.0.